The van der Waals surface area contributed by atoms with Crippen LogP contribution < -0.4 is 14.8 Å². The Morgan fingerprint density at radius 1 is 1.29 bits per heavy atom. The number of carboxylic acids is 1. The number of carbonyl (C=O) groups is 2. The highest BCUT2D eigenvalue weighted by atomic mass is 16.5. The number of carboxylic acid groups (broad SMARTS) is 1. The number of benzene rings is 1. The molecule has 0 aromatic heterocycles. The third kappa shape index (κ3) is 3.45. The standard InChI is InChI=1S/C15H19NO5/c1-10(21-12-5-3-11(20-2)4-6-12)9-16-13(17)15(7-8-15)14(18)19/h3-6,10H,7-9H2,1-2H3,(H,16,17)(H,18,19). The maximum absolute atomic E-state index is 11.8. The van der Waals surface area contributed by atoms with Crippen LogP contribution in [0, 0.1) is 5.41 Å². The molecule has 1 fully saturated rings. The lowest BCUT2D eigenvalue weighted by atomic mass is 10.1. The number of rotatable bonds is 7. The lowest BCUT2D eigenvalue weighted by Crippen LogP contribution is -2.41. The second-order valence-electron chi connectivity index (χ2n) is 5.20. The van der Waals surface area contributed by atoms with Gasteiger partial charge in [0.1, 0.15) is 23.0 Å². The molecule has 6 heteroatoms. The van der Waals surface area contributed by atoms with Crippen molar-refractivity contribution >= 4 is 11.9 Å². The zero-order valence-electron chi connectivity index (χ0n) is 12.1. The van der Waals surface area contributed by atoms with Gasteiger partial charge in [-0.25, -0.2) is 0 Å². The van der Waals surface area contributed by atoms with E-state index in [1.807, 2.05) is 6.92 Å². The molecule has 1 aliphatic rings. The van der Waals surface area contributed by atoms with Crippen molar-refractivity contribution in [2.75, 3.05) is 13.7 Å². The molecule has 21 heavy (non-hydrogen) atoms. The van der Waals surface area contributed by atoms with Crippen molar-refractivity contribution in [1.82, 2.24) is 5.32 Å². The first-order valence-electron chi connectivity index (χ1n) is 6.80. The minimum absolute atomic E-state index is 0.257. The summed E-state index contributed by atoms with van der Waals surface area (Å²) < 4.78 is 10.7. The van der Waals surface area contributed by atoms with Crippen LogP contribution in [0.25, 0.3) is 0 Å². The fourth-order valence-corrected chi connectivity index (χ4v) is 2.00. The average molecular weight is 293 g/mol. The maximum atomic E-state index is 11.8. The van der Waals surface area contributed by atoms with Crippen molar-refractivity contribution in [3.8, 4) is 11.5 Å². The number of methoxy groups -OCH3 is 1. The predicted octanol–water partition coefficient (Wildman–Crippen LogP) is 1.44. The monoisotopic (exact) mass is 293 g/mol. The van der Waals surface area contributed by atoms with Crippen LogP contribution in [0.1, 0.15) is 19.8 Å². The molecule has 1 aromatic rings. The highest BCUT2D eigenvalue weighted by Crippen LogP contribution is 2.46. The van der Waals surface area contributed by atoms with E-state index < -0.39 is 17.3 Å². The van der Waals surface area contributed by atoms with Gasteiger partial charge in [0.05, 0.1) is 13.7 Å². The topological polar surface area (TPSA) is 84.9 Å². The van der Waals surface area contributed by atoms with Crippen LogP contribution in [0.3, 0.4) is 0 Å². The molecule has 0 heterocycles. The molecule has 1 amide bonds. The molecule has 0 bridgehead atoms. The van der Waals surface area contributed by atoms with Gasteiger partial charge in [0.15, 0.2) is 0 Å². The van der Waals surface area contributed by atoms with Crippen LogP contribution in [0.2, 0.25) is 0 Å². The SMILES string of the molecule is COc1ccc(OC(C)CNC(=O)C2(C(=O)O)CC2)cc1. The number of amides is 1. The molecule has 1 aliphatic carbocycles. The number of carbonyl (C=O) groups excluding carboxylic acids is 1. The quantitative estimate of drug-likeness (QED) is 0.743. The fourth-order valence-electron chi connectivity index (χ4n) is 2.00. The molecule has 1 aromatic carbocycles. The van der Waals surface area contributed by atoms with Crippen LogP contribution in [0.4, 0.5) is 0 Å². The first kappa shape index (κ1) is 15.2. The van der Waals surface area contributed by atoms with Crippen molar-refractivity contribution in [3.63, 3.8) is 0 Å². The number of aliphatic carboxylic acids is 1. The summed E-state index contributed by atoms with van der Waals surface area (Å²) in [6.07, 6.45) is 0.552. The Labute approximate surface area is 123 Å². The van der Waals surface area contributed by atoms with Crippen LogP contribution >= 0.6 is 0 Å². The van der Waals surface area contributed by atoms with E-state index in [-0.39, 0.29) is 12.6 Å². The normalized spacial score (nSPS) is 16.7. The average Bonchev–Trinajstić information content (AvgIpc) is 3.27. The Morgan fingerprint density at radius 2 is 1.86 bits per heavy atom. The molecule has 0 spiro atoms. The van der Waals surface area contributed by atoms with Crippen molar-refractivity contribution in [1.29, 1.82) is 0 Å². The summed E-state index contributed by atoms with van der Waals surface area (Å²) >= 11 is 0. The second-order valence-corrected chi connectivity index (χ2v) is 5.20. The maximum Gasteiger partial charge on any atom is 0.319 e. The summed E-state index contributed by atoms with van der Waals surface area (Å²) in [7, 11) is 1.59. The van der Waals surface area contributed by atoms with E-state index in [1.165, 1.54) is 0 Å². The van der Waals surface area contributed by atoms with E-state index in [2.05, 4.69) is 5.32 Å². The zero-order valence-corrected chi connectivity index (χ0v) is 12.1. The largest absolute Gasteiger partial charge is 0.497 e. The third-order valence-corrected chi connectivity index (χ3v) is 3.54. The van der Waals surface area contributed by atoms with Gasteiger partial charge in [0.2, 0.25) is 5.91 Å². The van der Waals surface area contributed by atoms with Gasteiger partial charge in [-0.15, -0.1) is 0 Å². The van der Waals surface area contributed by atoms with Crippen molar-refractivity contribution in [2.45, 2.75) is 25.9 Å². The summed E-state index contributed by atoms with van der Waals surface area (Å²) in [4.78, 5) is 22.9. The number of hydrogen-bond donors (Lipinski definition) is 2. The summed E-state index contributed by atoms with van der Waals surface area (Å²) in [5.41, 5.74) is -1.21. The van der Waals surface area contributed by atoms with E-state index in [1.54, 1.807) is 31.4 Å². The number of ether oxygens (including phenoxy) is 2. The van der Waals surface area contributed by atoms with E-state index in [0.29, 0.717) is 18.6 Å². The summed E-state index contributed by atoms with van der Waals surface area (Å²) in [5, 5.41) is 11.7. The molecule has 0 saturated heterocycles. The van der Waals surface area contributed by atoms with Crippen molar-refractivity contribution < 1.29 is 24.2 Å². The van der Waals surface area contributed by atoms with Gasteiger partial charge in [-0.05, 0) is 44.0 Å². The molecular weight excluding hydrogens is 274 g/mol. The molecule has 1 unspecified atom stereocenters. The second kappa shape index (κ2) is 6.03. The number of nitrogens with one attached hydrogen (secondary N) is 1. The molecular formula is C15H19NO5. The predicted molar refractivity (Wildman–Crippen MR) is 75.4 cm³/mol. The molecule has 6 nitrogen and oxygen atoms in total. The van der Waals surface area contributed by atoms with Gasteiger partial charge >= 0.3 is 5.97 Å². The highest BCUT2D eigenvalue weighted by molar-refractivity contribution is 6.04. The van der Waals surface area contributed by atoms with E-state index >= 15 is 0 Å². The summed E-state index contributed by atoms with van der Waals surface area (Å²) in [6, 6.07) is 7.11. The summed E-state index contributed by atoms with van der Waals surface area (Å²) in [5.74, 6) is -0.0822. The van der Waals surface area contributed by atoms with Crippen LogP contribution in [-0.4, -0.2) is 36.7 Å². The first-order chi connectivity index (χ1) is 9.98. The van der Waals surface area contributed by atoms with Crippen LogP contribution in [0.5, 0.6) is 11.5 Å². The smallest absolute Gasteiger partial charge is 0.319 e. The Hall–Kier alpha value is -2.24. The van der Waals surface area contributed by atoms with Gasteiger partial charge in [-0.3, -0.25) is 9.59 Å². The molecule has 2 rings (SSSR count). The van der Waals surface area contributed by atoms with Gasteiger partial charge in [0, 0.05) is 0 Å². The third-order valence-electron chi connectivity index (χ3n) is 3.54. The van der Waals surface area contributed by atoms with E-state index in [0.717, 1.165) is 5.75 Å². The minimum atomic E-state index is -1.21. The van der Waals surface area contributed by atoms with Gasteiger partial charge in [-0.2, -0.15) is 0 Å². The van der Waals surface area contributed by atoms with Crippen LogP contribution in [-0.2, 0) is 9.59 Å². The molecule has 0 aliphatic heterocycles. The van der Waals surface area contributed by atoms with Crippen LogP contribution in [0.15, 0.2) is 24.3 Å². The summed E-state index contributed by atoms with van der Waals surface area (Å²) in [6.45, 7) is 2.07. The van der Waals surface area contributed by atoms with Gasteiger partial charge in [0.25, 0.3) is 0 Å². The lowest BCUT2D eigenvalue weighted by molar-refractivity contribution is -0.149. The molecule has 1 atom stereocenters. The molecule has 1 saturated carbocycles. The Kier molecular flexibility index (Phi) is 4.35. The van der Waals surface area contributed by atoms with E-state index in [9.17, 15) is 9.59 Å². The zero-order chi connectivity index (χ0) is 15.5. The Morgan fingerprint density at radius 3 is 2.33 bits per heavy atom. The molecule has 114 valence electrons. The highest BCUT2D eigenvalue weighted by Gasteiger charge is 2.57. The Balaban J connectivity index is 1.80. The first-order valence-corrected chi connectivity index (χ1v) is 6.80. The minimum Gasteiger partial charge on any atom is -0.497 e. The number of hydrogen-bond acceptors (Lipinski definition) is 4. The van der Waals surface area contributed by atoms with Gasteiger partial charge in [-0.1, -0.05) is 0 Å². The van der Waals surface area contributed by atoms with E-state index in [4.69, 9.17) is 14.6 Å². The molecule has 2 N–H and O–H groups in total. The Bertz CT molecular complexity index is 521. The van der Waals surface area contributed by atoms with Crippen molar-refractivity contribution in [2.24, 2.45) is 5.41 Å². The fraction of sp³-hybridized carbons (Fsp3) is 0.467. The molecule has 0 radical (unpaired) electrons. The van der Waals surface area contributed by atoms with Gasteiger partial charge < -0.3 is 19.9 Å². The van der Waals surface area contributed by atoms with Crippen molar-refractivity contribution in [3.05, 3.63) is 24.3 Å². The lowest BCUT2D eigenvalue weighted by Gasteiger charge is -2.17.